The van der Waals surface area contributed by atoms with Crippen LogP contribution >= 0.6 is 0 Å². The SMILES string of the molecule is CN(CC(=O)N1CCN(C(=O)Nc2ccccc2)CC1)Cc1cnn(-c2ccccc2)c1. The number of piperazine rings is 1. The molecule has 0 spiro atoms. The van der Waals surface area contributed by atoms with E-state index in [4.69, 9.17) is 0 Å². The van der Waals surface area contributed by atoms with Gasteiger partial charge in [-0.15, -0.1) is 0 Å². The fraction of sp³-hybridized carbons (Fsp3) is 0.292. The Hall–Kier alpha value is -3.65. The highest BCUT2D eigenvalue weighted by Crippen LogP contribution is 2.11. The molecule has 1 aromatic heterocycles. The first-order chi connectivity index (χ1) is 15.6. The molecule has 1 saturated heterocycles. The predicted octanol–water partition coefficient (Wildman–Crippen LogP) is 2.68. The summed E-state index contributed by atoms with van der Waals surface area (Å²) in [5.74, 6) is 0.0751. The molecule has 2 aromatic carbocycles. The van der Waals surface area contributed by atoms with Gasteiger partial charge in [0.2, 0.25) is 5.91 Å². The Kier molecular flexibility index (Phi) is 6.81. The number of likely N-dealkylation sites (N-methyl/N-ethyl adjacent to an activating group) is 1. The molecule has 0 radical (unpaired) electrons. The zero-order valence-corrected chi connectivity index (χ0v) is 18.2. The number of rotatable bonds is 6. The fourth-order valence-corrected chi connectivity index (χ4v) is 3.75. The number of hydrogen-bond acceptors (Lipinski definition) is 4. The van der Waals surface area contributed by atoms with Gasteiger partial charge in [-0.05, 0) is 31.3 Å². The Morgan fingerprint density at radius 1 is 0.938 bits per heavy atom. The third-order valence-electron chi connectivity index (χ3n) is 5.46. The van der Waals surface area contributed by atoms with E-state index in [1.807, 2.05) is 94.6 Å². The lowest BCUT2D eigenvalue weighted by Crippen LogP contribution is -2.53. The molecule has 0 bridgehead atoms. The molecule has 3 amide bonds. The first kappa shape index (κ1) is 21.6. The van der Waals surface area contributed by atoms with E-state index in [1.54, 1.807) is 4.90 Å². The molecule has 4 rings (SSSR count). The summed E-state index contributed by atoms with van der Waals surface area (Å²) < 4.78 is 1.84. The van der Waals surface area contributed by atoms with Crippen LogP contribution in [0.1, 0.15) is 5.56 Å². The van der Waals surface area contributed by atoms with Gasteiger partial charge in [-0.25, -0.2) is 9.48 Å². The lowest BCUT2D eigenvalue weighted by Gasteiger charge is -2.35. The predicted molar refractivity (Wildman–Crippen MR) is 124 cm³/mol. The number of para-hydroxylation sites is 2. The lowest BCUT2D eigenvalue weighted by atomic mass is 10.3. The Bertz CT molecular complexity index is 1030. The van der Waals surface area contributed by atoms with Crippen molar-refractivity contribution in [3.8, 4) is 5.69 Å². The lowest BCUT2D eigenvalue weighted by molar-refractivity contribution is -0.133. The van der Waals surface area contributed by atoms with Crippen molar-refractivity contribution in [3.05, 3.63) is 78.6 Å². The van der Waals surface area contributed by atoms with E-state index in [0.717, 1.165) is 16.9 Å². The Balaban J connectivity index is 1.22. The number of nitrogens with zero attached hydrogens (tertiary/aromatic N) is 5. The van der Waals surface area contributed by atoms with Gasteiger partial charge in [0.1, 0.15) is 0 Å². The Morgan fingerprint density at radius 3 is 2.25 bits per heavy atom. The zero-order valence-electron chi connectivity index (χ0n) is 18.2. The molecule has 0 atom stereocenters. The van der Waals surface area contributed by atoms with Gasteiger partial charge in [0.25, 0.3) is 0 Å². The first-order valence-corrected chi connectivity index (χ1v) is 10.7. The standard InChI is InChI=1S/C24H28N6O2/c1-27(17-20-16-25-30(18-20)22-10-6-3-7-11-22)19-23(31)28-12-14-29(15-13-28)24(32)26-21-8-4-2-5-9-21/h2-11,16,18H,12-15,17,19H2,1H3,(H,26,32). The molecule has 0 saturated carbocycles. The molecular weight excluding hydrogens is 404 g/mol. The van der Waals surface area contributed by atoms with Crippen LogP contribution in [0.25, 0.3) is 5.69 Å². The van der Waals surface area contributed by atoms with Gasteiger partial charge in [-0.1, -0.05) is 36.4 Å². The van der Waals surface area contributed by atoms with Crippen molar-refractivity contribution in [1.82, 2.24) is 24.5 Å². The highest BCUT2D eigenvalue weighted by molar-refractivity contribution is 5.89. The van der Waals surface area contributed by atoms with Gasteiger partial charge in [0.05, 0.1) is 18.4 Å². The first-order valence-electron chi connectivity index (χ1n) is 10.7. The largest absolute Gasteiger partial charge is 0.338 e. The molecular formula is C24H28N6O2. The molecule has 1 N–H and O–H groups in total. The van der Waals surface area contributed by atoms with E-state index >= 15 is 0 Å². The molecule has 3 aromatic rings. The van der Waals surface area contributed by atoms with Crippen LogP contribution in [-0.4, -0.2) is 76.2 Å². The maximum absolute atomic E-state index is 12.7. The number of benzene rings is 2. The smallest absolute Gasteiger partial charge is 0.321 e. The van der Waals surface area contributed by atoms with Crippen molar-refractivity contribution >= 4 is 17.6 Å². The molecule has 8 heteroatoms. The molecule has 1 aliphatic rings. The van der Waals surface area contributed by atoms with Gasteiger partial charge >= 0.3 is 6.03 Å². The van der Waals surface area contributed by atoms with Crippen molar-refractivity contribution in [2.45, 2.75) is 6.54 Å². The minimum atomic E-state index is -0.129. The van der Waals surface area contributed by atoms with Crippen molar-refractivity contribution in [3.63, 3.8) is 0 Å². The number of aromatic nitrogens is 2. The summed E-state index contributed by atoms with van der Waals surface area (Å²) in [6.45, 7) is 3.10. The number of nitrogens with one attached hydrogen (secondary N) is 1. The quantitative estimate of drug-likeness (QED) is 0.650. The number of hydrogen-bond donors (Lipinski definition) is 1. The van der Waals surface area contributed by atoms with E-state index in [-0.39, 0.29) is 11.9 Å². The van der Waals surface area contributed by atoms with Crippen molar-refractivity contribution in [2.75, 3.05) is 45.1 Å². The van der Waals surface area contributed by atoms with Crippen molar-refractivity contribution in [2.24, 2.45) is 0 Å². The summed E-state index contributed by atoms with van der Waals surface area (Å²) in [7, 11) is 1.93. The summed E-state index contributed by atoms with van der Waals surface area (Å²) in [6, 6.07) is 19.2. The van der Waals surface area contributed by atoms with Gasteiger partial charge in [0, 0.05) is 50.2 Å². The third kappa shape index (κ3) is 5.53. The van der Waals surface area contributed by atoms with Gasteiger partial charge in [-0.3, -0.25) is 9.69 Å². The minimum Gasteiger partial charge on any atom is -0.338 e. The maximum Gasteiger partial charge on any atom is 0.321 e. The van der Waals surface area contributed by atoms with E-state index in [1.165, 1.54) is 0 Å². The average molecular weight is 433 g/mol. The molecule has 0 aliphatic carbocycles. The molecule has 8 nitrogen and oxygen atoms in total. The van der Waals surface area contributed by atoms with Gasteiger partial charge in [-0.2, -0.15) is 5.10 Å². The Labute approximate surface area is 188 Å². The van der Waals surface area contributed by atoms with Gasteiger partial charge < -0.3 is 15.1 Å². The highest BCUT2D eigenvalue weighted by Gasteiger charge is 2.24. The molecule has 1 aliphatic heterocycles. The number of carbonyl (C=O) groups excluding carboxylic acids is 2. The van der Waals surface area contributed by atoms with Crippen LogP contribution in [0.2, 0.25) is 0 Å². The number of carbonyl (C=O) groups is 2. The zero-order chi connectivity index (χ0) is 22.3. The Morgan fingerprint density at radius 2 is 1.56 bits per heavy atom. The van der Waals surface area contributed by atoms with E-state index in [9.17, 15) is 9.59 Å². The van der Waals surface area contributed by atoms with E-state index in [2.05, 4.69) is 10.4 Å². The molecule has 2 heterocycles. The number of amides is 3. The van der Waals surface area contributed by atoms with Crippen molar-refractivity contribution < 1.29 is 9.59 Å². The molecule has 32 heavy (non-hydrogen) atoms. The van der Waals surface area contributed by atoms with E-state index in [0.29, 0.717) is 39.3 Å². The van der Waals surface area contributed by atoms with Crippen LogP contribution in [0, 0.1) is 0 Å². The van der Waals surface area contributed by atoms with Crippen LogP contribution in [0.4, 0.5) is 10.5 Å². The number of urea groups is 1. The molecule has 1 fully saturated rings. The topological polar surface area (TPSA) is 73.7 Å². The normalized spacial score (nSPS) is 13.9. The molecule has 166 valence electrons. The van der Waals surface area contributed by atoms with E-state index < -0.39 is 0 Å². The average Bonchev–Trinajstić information content (AvgIpc) is 3.28. The number of anilines is 1. The second kappa shape index (κ2) is 10.1. The minimum absolute atomic E-state index is 0.0751. The van der Waals surface area contributed by atoms with Crippen LogP contribution < -0.4 is 5.32 Å². The van der Waals surface area contributed by atoms with Crippen LogP contribution in [0.5, 0.6) is 0 Å². The summed E-state index contributed by atoms with van der Waals surface area (Å²) in [5.41, 5.74) is 2.83. The third-order valence-corrected chi connectivity index (χ3v) is 5.46. The molecule has 0 unspecified atom stereocenters. The second-order valence-electron chi connectivity index (χ2n) is 7.97. The van der Waals surface area contributed by atoms with Crippen LogP contribution in [0.15, 0.2) is 73.1 Å². The highest BCUT2D eigenvalue weighted by atomic mass is 16.2. The maximum atomic E-state index is 12.7. The summed E-state index contributed by atoms with van der Waals surface area (Å²) >= 11 is 0. The second-order valence-corrected chi connectivity index (χ2v) is 7.97. The fourth-order valence-electron chi connectivity index (χ4n) is 3.75. The summed E-state index contributed by atoms with van der Waals surface area (Å²) in [5, 5.41) is 7.31. The summed E-state index contributed by atoms with van der Waals surface area (Å²) in [4.78, 5) is 30.7. The van der Waals surface area contributed by atoms with Crippen molar-refractivity contribution in [1.29, 1.82) is 0 Å². The van der Waals surface area contributed by atoms with Crippen LogP contribution in [-0.2, 0) is 11.3 Å². The summed E-state index contributed by atoms with van der Waals surface area (Å²) in [6.07, 6.45) is 3.82. The monoisotopic (exact) mass is 432 g/mol. The van der Waals surface area contributed by atoms with Crippen LogP contribution in [0.3, 0.4) is 0 Å². The van der Waals surface area contributed by atoms with Gasteiger partial charge in [0.15, 0.2) is 0 Å².